The zero-order chi connectivity index (χ0) is 13.4. The summed E-state index contributed by atoms with van der Waals surface area (Å²) < 4.78 is 0. The van der Waals surface area contributed by atoms with Crippen molar-refractivity contribution in [1.82, 2.24) is 0 Å². The molecule has 2 nitrogen and oxygen atoms in total. The number of hydrogen-bond acceptors (Lipinski definition) is 3. The van der Waals surface area contributed by atoms with Crippen LogP contribution in [0, 0.1) is 11.8 Å². The third-order valence-corrected chi connectivity index (χ3v) is 4.28. The van der Waals surface area contributed by atoms with Crippen molar-refractivity contribution < 1.29 is 4.79 Å². The zero-order valence-corrected chi connectivity index (χ0v) is 12.3. The van der Waals surface area contributed by atoms with Crippen molar-refractivity contribution in [2.24, 2.45) is 17.6 Å². The van der Waals surface area contributed by atoms with Gasteiger partial charge in [0.25, 0.3) is 0 Å². The Balaban J connectivity index is 2.23. The van der Waals surface area contributed by atoms with E-state index in [0.29, 0.717) is 30.5 Å². The molecule has 0 bridgehead atoms. The lowest BCUT2D eigenvalue weighted by Crippen LogP contribution is -2.16. The van der Waals surface area contributed by atoms with Gasteiger partial charge in [0.15, 0.2) is 0 Å². The van der Waals surface area contributed by atoms with Crippen LogP contribution in [0.4, 0.5) is 0 Å². The van der Waals surface area contributed by atoms with Gasteiger partial charge >= 0.3 is 0 Å². The first kappa shape index (κ1) is 15.4. The first-order valence-electron chi connectivity index (χ1n) is 6.86. The van der Waals surface area contributed by atoms with Crippen LogP contribution in [-0.2, 0) is 11.2 Å². The number of aryl methyl sites for hydroxylation is 1. The summed E-state index contributed by atoms with van der Waals surface area (Å²) >= 11 is 1.69. The highest BCUT2D eigenvalue weighted by atomic mass is 32.1. The molecule has 2 N–H and O–H groups in total. The maximum atomic E-state index is 11.8. The topological polar surface area (TPSA) is 43.1 Å². The molecule has 0 aromatic carbocycles. The normalized spacial score (nSPS) is 12.9. The summed E-state index contributed by atoms with van der Waals surface area (Å²) in [5, 5.41) is 4.19. The quantitative estimate of drug-likeness (QED) is 0.742. The number of carbonyl (C=O) groups excluding carboxylic acids is 1. The smallest absolute Gasteiger partial charge is 0.133 e. The molecule has 0 spiro atoms. The Morgan fingerprint density at radius 1 is 1.33 bits per heavy atom. The van der Waals surface area contributed by atoms with Gasteiger partial charge in [0.1, 0.15) is 5.78 Å². The van der Waals surface area contributed by atoms with Crippen molar-refractivity contribution in [3.63, 3.8) is 0 Å². The van der Waals surface area contributed by atoms with Crippen molar-refractivity contribution in [3.05, 3.63) is 22.4 Å². The number of thiophene rings is 1. The van der Waals surface area contributed by atoms with Crippen molar-refractivity contribution in [3.8, 4) is 0 Å². The number of nitrogens with two attached hydrogens (primary N) is 1. The molecule has 0 aliphatic carbocycles. The summed E-state index contributed by atoms with van der Waals surface area (Å²) in [6.07, 6.45) is 4.33. The molecular weight excluding hydrogens is 242 g/mol. The number of ketones is 1. The van der Waals surface area contributed by atoms with Crippen LogP contribution in [0.3, 0.4) is 0 Å². The third kappa shape index (κ3) is 5.78. The van der Waals surface area contributed by atoms with E-state index in [4.69, 9.17) is 5.73 Å². The average molecular weight is 267 g/mol. The van der Waals surface area contributed by atoms with E-state index in [1.807, 2.05) is 0 Å². The minimum absolute atomic E-state index is 0.392. The van der Waals surface area contributed by atoms with Crippen LogP contribution in [0.15, 0.2) is 16.8 Å². The molecule has 0 saturated carbocycles. The van der Waals surface area contributed by atoms with E-state index in [-0.39, 0.29) is 0 Å². The van der Waals surface area contributed by atoms with Crippen LogP contribution in [0.2, 0.25) is 0 Å². The highest BCUT2D eigenvalue weighted by molar-refractivity contribution is 7.07. The predicted octanol–water partition coefficient (Wildman–Crippen LogP) is 3.65. The summed E-state index contributed by atoms with van der Waals surface area (Å²) in [5.41, 5.74) is 6.90. The molecule has 0 aliphatic rings. The molecule has 0 amide bonds. The second-order valence-corrected chi connectivity index (χ2v) is 6.07. The molecule has 18 heavy (non-hydrogen) atoms. The molecule has 1 atom stereocenters. The van der Waals surface area contributed by atoms with Crippen LogP contribution >= 0.6 is 11.3 Å². The third-order valence-electron chi connectivity index (χ3n) is 3.55. The van der Waals surface area contributed by atoms with Gasteiger partial charge in [0.2, 0.25) is 0 Å². The first-order valence-corrected chi connectivity index (χ1v) is 7.80. The molecule has 1 rings (SSSR count). The van der Waals surface area contributed by atoms with Gasteiger partial charge < -0.3 is 5.73 Å². The molecule has 1 heterocycles. The van der Waals surface area contributed by atoms with Crippen LogP contribution in [0.25, 0.3) is 0 Å². The summed E-state index contributed by atoms with van der Waals surface area (Å²) in [4.78, 5) is 11.8. The molecule has 1 unspecified atom stereocenters. The number of Topliss-reactive ketones (excluding diaryl/α,β-unsaturated/α-hetero) is 1. The van der Waals surface area contributed by atoms with Gasteiger partial charge in [-0.1, -0.05) is 13.8 Å². The molecular formula is C15H25NOS. The largest absolute Gasteiger partial charge is 0.330 e. The minimum atomic E-state index is 0.392. The second-order valence-electron chi connectivity index (χ2n) is 5.29. The van der Waals surface area contributed by atoms with E-state index in [9.17, 15) is 4.79 Å². The van der Waals surface area contributed by atoms with E-state index >= 15 is 0 Å². The molecule has 0 saturated heterocycles. The van der Waals surface area contributed by atoms with Gasteiger partial charge in [0.05, 0.1) is 0 Å². The lowest BCUT2D eigenvalue weighted by molar-refractivity contribution is -0.119. The first-order chi connectivity index (χ1) is 8.63. The summed E-state index contributed by atoms with van der Waals surface area (Å²) in [6, 6.07) is 2.10. The molecule has 3 heteroatoms. The zero-order valence-electron chi connectivity index (χ0n) is 11.5. The van der Waals surface area contributed by atoms with Crippen molar-refractivity contribution in [2.45, 2.75) is 46.0 Å². The average Bonchev–Trinajstić information content (AvgIpc) is 2.84. The molecule has 1 aromatic rings. The Morgan fingerprint density at radius 2 is 2.11 bits per heavy atom. The SMILES string of the molecule is CC(C)C(CCN)CCC(=O)CCc1ccsc1. The van der Waals surface area contributed by atoms with Gasteiger partial charge in [-0.25, -0.2) is 0 Å². The van der Waals surface area contributed by atoms with Gasteiger partial charge in [-0.15, -0.1) is 0 Å². The van der Waals surface area contributed by atoms with Crippen molar-refractivity contribution in [1.29, 1.82) is 0 Å². The Morgan fingerprint density at radius 3 is 2.67 bits per heavy atom. The highest BCUT2D eigenvalue weighted by Gasteiger charge is 2.14. The highest BCUT2D eigenvalue weighted by Crippen LogP contribution is 2.21. The van der Waals surface area contributed by atoms with Gasteiger partial charge in [-0.2, -0.15) is 11.3 Å². The fourth-order valence-corrected chi connectivity index (χ4v) is 2.92. The number of rotatable bonds is 9. The van der Waals surface area contributed by atoms with Crippen LogP contribution < -0.4 is 5.73 Å². The molecule has 0 aliphatic heterocycles. The van der Waals surface area contributed by atoms with Crippen molar-refractivity contribution >= 4 is 17.1 Å². The standard InChI is InChI=1S/C15H25NOS/c1-12(2)14(7-9-16)4-6-15(17)5-3-13-8-10-18-11-13/h8,10-12,14H,3-7,9,16H2,1-2H3. The fourth-order valence-electron chi connectivity index (χ4n) is 2.22. The molecule has 0 fully saturated rings. The summed E-state index contributed by atoms with van der Waals surface area (Å²) in [6.45, 7) is 5.16. The van der Waals surface area contributed by atoms with Crippen LogP contribution in [0.1, 0.15) is 45.1 Å². The minimum Gasteiger partial charge on any atom is -0.330 e. The maximum absolute atomic E-state index is 11.8. The summed E-state index contributed by atoms with van der Waals surface area (Å²) in [7, 11) is 0. The Kier molecular flexibility index (Phi) is 7.21. The summed E-state index contributed by atoms with van der Waals surface area (Å²) in [5.74, 6) is 1.61. The van der Waals surface area contributed by atoms with E-state index in [2.05, 4.69) is 30.7 Å². The Labute approximate surface area is 115 Å². The van der Waals surface area contributed by atoms with Crippen LogP contribution in [-0.4, -0.2) is 12.3 Å². The Hall–Kier alpha value is -0.670. The van der Waals surface area contributed by atoms with E-state index in [1.165, 1.54) is 5.56 Å². The van der Waals surface area contributed by atoms with Gasteiger partial charge in [0, 0.05) is 12.8 Å². The lowest BCUT2D eigenvalue weighted by Gasteiger charge is -2.19. The van der Waals surface area contributed by atoms with Crippen molar-refractivity contribution in [2.75, 3.05) is 6.54 Å². The number of hydrogen-bond donors (Lipinski definition) is 1. The Bertz CT molecular complexity index is 332. The second kappa shape index (κ2) is 8.44. The predicted molar refractivity (Wildman–Crippen MR) is 78.9 cm³/mol. The van der Waals surface area contributed by atoms with E-state index in [1.54, 1.807) is 11.3 Å². The molecule has 1 aromatic heterocycles. The number of carbonyl (C=O) groups is 1. The maximum Gasteiger partial charge on any atom is 0.133 e. The fraction of sp³-hybridized carbons (Fsp3) is 0.667. The van der Waals surface area contributed by atoms with E-state index < -0.39 is 0 Å². The van der Waals surface area contributed by atoms with Gasteiger partial charge in [-0.3, -0.25) is 4.79 Å². The monoisotopic (exact) mass is 267 g/mol. The lowest BCUT2D eigenvalue weighted by atomic mass is 9.87. The van der Waals surface area contributed by atoms with Gasteiger partial charge in [-0.05, 0) is 60.0 Å². The molecule has 0 radical (unpaired) electrons. The van der Waals surface area contributed by atoms with Crippen LogP contribution in [0.5, 0.6) is 0 Å². The molecule has 102 valence electrons. The van der Waals surface area contributed by atoms with E-state index in [0.717, 1.165) is 25.8 Å².